The Kier molecular flexibility index (Phi) is 3.44. The number of carbonyl (C=O) groups excluding carboxylic acids is 1. The molecule has 2 nitrogen and oxygen atoms in total. The van der Waals surface area contributed by atoms with Crippen molar-refractivity contribution in [2.45, 2.75) is 12.8 Å². The lowest BCUT2D eigenvalue weighted by atomic mass is 10.2. The van der Waals surface area contributed by atoms with Gasteiger partial charge in [0.1, 0.15) is 0 Å². The maximum absolute atomic E-state index is 10.3. The highest BCUT2D eigenvalue weighted by molar-refractivity contribution is 6.27. The van der Waals surface area contributed by atoms with E-state index in [2.05, 4.69) is 4.99 Å². The molecule has 0 atom stereocenters. The van der Waals surface area contributed by atoms with Crippen LogP contribution in [0.25, 0.3) is 0 Å². The van der Waals surface area contributed by atoms with E-state index in [-0.39, 0.29) is 18.2 Å². The van der Waals surface area contributed by atoms with Crippen LogP contribution in [0.5, 0.6) is 0 Å². The first kappa shape index (κ1) is 7.63. The predicted octanol–water partition coefficient (Wildman–Crippen LogP) is 0.842. The van der Waals surface area contributed by atoms with Crippen molar-refractivity contribution in [1.82, 2.24) is 0 Å². The largest absolute Gasteiger partial charge is 0.293 e. The lowest BCUT2D eigenvalue weighted by Crippen LogP contribution is -2.05. The second kappa shape index (κ2) is 3.61. The van der Waals surface area contributed by atoms with Gasteiger partial charge < -0.3 is 0 Å². The van der Waals surface area contributed by atoms with Crippen LogP contribution in [0.2, 0.25) is 0 Å². The zero-order valence-electron chi connectivity index (χ0n) is 4.46. The third-order valence-corrected chi connectivity index (χ3v) is 0.946. The van der Waals surface area contributed by atoms with Gasteiger partial charge in [-0.15, -0.1) is 12.4 Å². The summed E-state index contributed by atoms with van der Waals surface area (Å²) in [6, 6.07) is 0. The first-order valence-electron chi connectivity index (χ1n) is 2.42. The Morgan fingerprint density at radius 2 is 2.38 bits per heavy atom. The Hall–Kier alpha value is -0.370. The Morgan fingerprint density at radius 1 is 1.62 bits per heavy atom. The summed E-state index contributed by atoms with van der Waals surface area (Å²) in [5, 5.41) is 0. The average molecular weight is 134 g/mol. The summed E-state index contributed by atoms with van der Waals surface area (Å²) in [7, 11) is 0. The fourth-order valence-electron chi connectivity index (χ4n) is 0.575. The lowest BCUT2D eigenvalue weighted by molar-refractivity contribution is -0.112. The summed E-state index contributed by atoms with van der Waals surface area (Å²) in [6.07, 6.45) is 3.06. The third kappa shape index (κ3) is 2.07. The number of nitrogens with zero attached hydrogens (tertiary/aromatic N) is 1. The topological polar surface area (TPSA) is 29.4 Å². The van der Waals surface area contributed by atoms with E-state index in [1.54, 1.807) is 0 Å². The van der Waals surface area contributed by atoms with Crippen molar-refractivity contribution in [2.75, 3.05) is 6.54 Å². The van der Waals surface area contributed by atoms with Gasteiger partial charge in [0.05, 0.1) is 6.21 Å². The van der Waals surface area contributed by atoms with E-state index in [1.807, 2.05) is 0 Å². The van der Waals surface area contributed by atoms with Crippen LogP contribution in [0, 0.1) is 0 Å². The molecule has 0 aromatic heterocycles. The first-order valence-corrected chi connectivity index (χ1v) is 2.42. The molecule has 0 aromatic carbocycles. The van der Waals surface area contributed by atoms with Gasteiger partial charge in [-0.3, -0.25) is 9.79 Å². The number of carbonyl (C=O) groups is 1. The molecule has 1 rings (SSSR count). The molecule has 0 bridgehead atoms. The zero-order chi connectivity index (χ0) is 5.11. The fourth-order valence-corrected chi connectivity index (χ4v) is 0.575. The molecule has 1 heterocycles. The molecule has 0 aliphatic carbocycles. The molecule has 8 heavy (non-hydrogen) atoms. The highest BCUT2D eigenvalue weighted by Crippen LogP contribution is 1.94. The molecular weight excluding hydrogens is 126 g/mol. The van der Waals surface area contributed by atoms with Crippen LogP contribution in [0.3, 0.4) is 0 Å². The molecule has 1 aliphatic heterocycles. The monoisotopic (exact) mass is 133 g/mol. The number of ketones is 1. The van der Waals surface area contributed by atoms with E-state index in [4.69, 9.17) is 0 Å². The molecule has 1 aliphatic rings. The molecule has 0 spiro atoms. The van der Waals surface area contributed by atoms with E-state index in [1.165, 1.54) is 6.21 Å². The second-order valence-corrected chi connectivity index (χ2v) is 1.61. The highest BCUT2D eigenvalue weighted by atomic mass is 35.5. The Bertz CT molecular complexity index is 111. The molecular formula is C5H8ClNO. The van der Waals surface area contributed by atoms with E-state index >= 15 is 0 Å². The fraction of sp³-hybridized carbons (Fsp3) is 0.600. The lowest BCUT2D eigenvalue weighted by Gasteiger charge is -1.97. The standard InChI is InChI=1S/C5H7NO.ClH/c7-5-2-1-3-6-4-5;/h4H,1-3H2;1H. The highest BCUT2D eigenvalue weighted by Gasteiger charge is 1.99. The summed E-state index contributed by atoms with van der Waals surface area (Å²) in [4.78, 5) is 14.1. The molecule has 0 unspecified atom stereocenters. The summed E-state index contributed by atoms with van der Waals surface area (Å²) in [5.41, 5.74) is 0. The van der Waals surface area contributed by atoms with Crippen molar-refractivity contribution in [2.24, 2.45) is 4.99 Å². The minimum Gasteiger partial charge on any atom is -0.293 e. The van der Waals surface area contributed by atoms with E-state index < -0.39 is 0 Å². The van der Waals surface area contributed by atoms with E-state index in [0.717, 1.165) is 13.0 Å². The van der Waals surface area contributed by atoms with Gasteiger partial charge in [0.2, 0.25) is 0 Å². The van der Waals surface area contributed by atoms with Crippen LogP contribution in [0.4, 0.5) is 0 Å². The maximum Gasteiger partial charge on any atom is 0.173 e. The quantitative estimate of drug-likeness (QED) is 0.482. The van der Waals surface area contributed by atoms with Crippen molar-refractivity contribution < 1.29 is 4.79 Å². The predicted molar refractivity (Wildman–Crippen MR) is 34.8 cm³/mol. The summed E-state index contributed by atoms with van der Waals surface area (Å²) in [5.74, 6) is 0.172. The molecule has 0 radical (unpaired) electrons. The number of hydrogen-bond acceptors (Lipinski definition) is 2. The van der Waals surface area contributed by atoms with Crippen LogP contribution in [0.15, 0.2) is 4.99 Å². The van der Waals surface area contributed by atoms with Gasteiger partial charge in [0, 0.05) is 13.0 Å². The molecule has 0 amide bonds. The van der Waals surface area contributed by atoms with E-state index in [9.17, 15) is 4.79 Å². The van der Waals surface area contributed by atoms with Crippen LogP contribution in [-0.2, 0) is 4.79 Å². The normalized spacial score (nSPS) is 17.8. The van der Waals surface area contributed by atoms with Gasteiger partial charge >= 0.3 is 0 Å². The zero-order valence-corrected chi connectivity index (χ0v) is 5.28. The van der Waals surface area contributed by atoms with Gasteiger partial charge in [0.15, 0.2) is 5.78 Å². The number of halogens is 1. The molecule has 0 saturated carbocycles. The molecule has 3 heteroatoms. The van der Waals surface area contributed by atoms with Crippen molar-refractivity contribution in [3.8, 4) is 0 Å². The Morgan fingerprint density at radius 3 is 2.62 bits per heavy atom. The summed E-state index contributed by atoms with van der Waals surface area (Å²) >= 11 is 0. The summed E-state index contributed by atoms with van der Waals surface area (Å²) < 4.78 is 0. The minimum atomic E-state index is 0. The molecule has 0 saturated heterocycles. The van der Waals surface area contributed by atoms with Crippen molar-refractivity contribution in [3.05, 3.63) is 0 Å². The van der Waals surface area contributed by atoms with Crippen molar-refractivity contribution in [1.29, 1.82) is 0 Å². The smallest absolute Gasteiger partial charge is 0.173 e. The molecule has 0 aromatic rings. The number of hydrogen-bond donors (Lipinski definition) is 0. The molecule has 46 valence electrons. The van der Waals surface area contributed by atoms with Gasteiger partial charge in [-0.1, -0.05) is 0 Å². The molecule has 0 fully saturated rings. The van der Waals surface area contributed by atoms with Gasteiger partial charge in [-0.25, -0.2) is 0 Å². The minimum absolute atomic E-state index is 0. The molecule has 0 N–H and O–H groups in total. The van der Waals surface area contributed by atoms with Crippen molar-refractivity contribution >= 4 is 24.4 Å². The first-order chi connectivity index (χ1) is 3.39. The maximum atomic E-state index is 10.3. The summed E-state index contributed by atoms with van der Waals surface area (Å²) in [6.45, 7) is 0.839. The Labute approximate surface area is 54.4 Å². The van der Waals surface area contributed by atoms with Crippen LogP contribution in [-0.4, -0.2) is 18.5 Å². The Balaban J connectivity index is 0.000000490. The second-order valence-electron chi connectivity index (χ2n) is 1.61. The van der Waals surface area contributed by atoms with Gasteiger partial charge in [0.25, 0.3) is 0 Å². The van der Waals surface area contributed by atoms with Crippen molar-refractivity contribution in [3.63, 3.8) is 0 Å². The number of rotatable bonds is 0. The van der Waals surface area contributed by atoms with Gasteiger partial charge in [-0.2, -0.15) is 0 Å². The van der Waals surface area contributed by atoms with Crippen LogP contribution >= 0.6 is 12.4 Å². The number of Topliss-reactive ketones (excluding diaryl/α,β-unsaturated/α-hetero) is 1. The van der Waals surface area contributed by atoms with Crippen LogP contribution < -0.4 is 0 Å². The van der Waals surface area contributed by atoms with Crippen LogP contribution in [0.1, 0.15) is 12.8 Å². The average Bonchev–Trinajstić information content (AvgIpc) is 1.69. The van der Waals surface area contributed by atoms with E-state index in [0.29, 0.717) is 6.42 Å². The third-order valence-electron chi connectivity index (χ3n) is 0.946. The SMILES string of the molecule is Cl.O=C1C=NCCC1. The number of aliphatic imine (C=N–C) groups is 1. The van der Waals surface area contributed by atoms with Gasteiger partial charge in [-0.05, 0) is 6.42 Å².